The summed E-state index contributed by atoms with van der Waals surface area (Å²) in [5.41, 5.74) is 4.65. The number of aromatic amines is 1. The van der Waals surface area contributed by atoms with E-state index < -0.39 is 11.6 Å². The molecule has 1 aromatic heterocycles. The molecule has 0 aliphatic rings. The van der Waals surface area contributed by atoms with E-state index in [1.165, 1.54) is 13.8 Å². The second-order valence-electron chi connectivity index (χ2n) is 6.05. The number of tetrazole rings is 1. The molecule has 0 radical (unpaired) electrons. The van der Waals surface area contributed by atoms with Gasteiger partial charge in [0.25, 0.3) is 5.95 Å². The Kier molecular flexibility index (Phi) is 6.67. The van der Waals surface area contributed by atoms with Gasteiger partial charge < -0.3 is 15.6 Å². The number of hydrogen-bond acceptors (Lipinski definition) is 7. The molecule has 0 unspecified atom stereocenters. The molecule has 0 fully saturated rings. The van der Waals surface area contributed by atoms with Gasteiger partial charge in [0.05, 0.1) is 0 Å². The molecule has 3 aromatic rings. The number of carbonyl (C=O) groups excluding carboxylic acids is 1. The minimum Gasteiger partial charge on any atom is -0.478 e. The Bertz CT molecular complexity index is 926. The first-order valence-electron chi connectivity index (χ1n) is 8.00. The number of aromatic nitrogens is 4. The van der Waals surface area contributed by atoms with Crippen molar-refractivity contribution in [1.82, 2.24) is 20.6 Å². The summed E-state index contributed by atoms with van der Waals surface area (Å²) < 4.78 is 5.39. The largest absolute Gasteiger partial charge is 0.478 e. The highest BCUT2D eigenvalue weighted by atomic mass is 35.5. The Morgan fingerprint density at radius 1 is 1.07 bits per heavy atom. The number of carboxylic acid groups (broad SMARTS) is 1. The van der Waals surface area contributed by atoms with Crippen molar-refractivity contribution in [1.29, 1.82) is 0 Å². The summed E-state index contributed by atoms with van der Waals surface area (Å²) in [6.07, 6.45) is 0. The highest BCUT2D eigenvalue weighted by Crippen LogP contribution is 2.21. The number of ketones is 1. The molecule has 10 heteroatoms. The Morgan fingerprint density at radius 2 is 1.61 bits per heavy atom. The van der Waals surface area contributed by atoms with Gasteiger partial charge in [0.2, 0.25) is 0 Å². The van der Waals surface area contributed by atoms with E-state index in [1.54, 1.807) is 48.5 Å². The highest BCUT2D eigenvalue weighted by Gasteiger charge is 2.29. The van der Waals surface area contributed by atoms with Gasteiger partial charge in [-0.15, -0.1) is 5.10 Å². The number of carboxylic acids is 1. The number of ether oxygens (including phenoxy) is 1. The van der Waals surface area contributed by atoms with E-state index in [1.807, 2.05) is 0 Å². The SMILES string of the molecule is CC(C)(Oc1ccc(C(=O)c2ccc(Cl)cc2)cc1)C(=O)O.Nc1nn[nH]n1. The van der Waals surface area contributed by atoms with Gasteiger partial charge in [-0.2, -0.15) is 5.21 Å². The van der Waals surface area contributed by atoms with E-state index in [4.69, 9.17) is 27.2 Å². The molecule has 146 valence electrons. The number of anilines is 1. The molecular formula is C18H18ClN5O4. The highest BCUT2D eigenvalue weighted by molar-refractivity contribution is 6.30. The summed E-state index contributed by atoms with van der Waals surface area (Å²) >= 11 is 5.79. The summed E-state index contributed by atoms with van der Waals surface area (Å²) in [4.78, 5) is 23.3. The number of hydrogen-bond donors (Lipinski definition) is 3. The quantitative estimate of drug-likeness (QED) is 0.551. The number of carbonyl (C=O) groups is 2. The Hall–Kier alpha value is -3.46. The minimum absolute atomic E-state index is 0.138. The van der Waals surface area contributed by atoms with Crippen LogP contribution in [0.4, 0.5) is 5.95 Å². The molecule has 28 heavy (non-hydrogen) atoms. The lowest BCUT2D eigenvalue weighted by molar-refractivity contribution is -0.152. The summed E-state index contributed by atoms with van der Waals surface area (Å²) in [6, 6.07) is 13.0. The van der Waals surface area contributed by atoms with Crippen LogP contribution in [0.1, 0.15) is 29.8 Å². The first kappa shape index (κ1) is 20.8. The Balaban J connectivity index is 0.000000397. The molecule has 1 heterocycles. The van der Waals surface area contributed by atoms with Gasteiger partial charge in [-0.05, 0) is 67.6 Å². The van der Waals surface area contributed by atoms with Crippen LogP contribution in [0.15, 0.2) is 48.5 Å². The van der Waals surface area contributed by atoms with E-state index in [-0.39, 0.29) is 11.7 Å². The Labute approximate surface area is 165 Å². The zero-order valence-corrected chi connectivity index (χ0v) is 15.8. The fourth-order valence-corrected chi connectivity index (χ4v) is 2.08. The standard InChI is InChI=1S/C17H15ClO4.CH3N5/c1-17(2,16(20)21)22-14-9-5-12(6-10-14)15(19)11-3-7-13(18)8-4-11;2-1-3-5-6-4-1/h3-10H,1-2H3,(H,20,21);(H3,2,3,4,5,6). The number of nitrogens with one attached hydrogen (secondary N) is 1. The second kappa shape index (κ2) is 8.96. The topological polar surface area (TPSA) is 144 Å². The molecule has 0 saturated carbocycles. The molecule has 4 N–H and O–H groups in total. The fourth-order valence-electron chi connectivity index (χ4n) is 1.95. The van der Waals surface area contributed by atoms with Crippen LogP contribution in [0.3, 0.4) is 0 Å². The zero-order chi connectivity index (χ0) is 20.7. The number of halogens is 1. The predicted molar refractivity (Wildman–Crippen MR) is 102 cm³/mol. The molecule has 0 atom stereocenters. The molecule has 3 rings (SSSR count). The summed E-state index contributed by atoms with van der Waals surface area (Å²) in [7, 11) is 0. The van der Waals surface area contributed by atoms with E-state index >= 15 is 0 Å². The average Bonchev–Trinajstić information content (AvgIpc) is 3.13. The van der Waals surface area contributed by atoms with Crippen molar-refractivity contribution in [2.75, 3.05) is 5.73 Å². The van der Waals surface area contributed by atoms with Gasteiger partial charge in [0, 0.05) is 16.1 Å². The molecule has 0 aliphatic carbocycles. The van der Waals surface area contributed by atoms with Gasteiger partial charge in [-0.3, -0.25) is 4.79 Å². The monoisotopic (exact) mass is 403 g/mol. The van der Waals surface area contributed by atoms with Gasteiger partial charge in [0.1, 0.15) is 5.75 Å². The number of nitrogen functional groups attached to an aromatic ring is 1. The van der Waals surface area contributed by atoms with Crippen molar-refractivity contribution in [3.8, 4) is 5.75 Å². The van der Waals surface area contributed by atoms with Crippen molar-refractivity contribution >= 4 is 29.3 Å². The second-order valence-corrected chi connectivity index (χ2v) is 6.48. The lowest BCUT2D eigenvalue weighted by Gasteiger charge is -2.21. The smallest absolute Gasteiger partial charge is 0.347 e. The normalized spacial score (nSPS) is 10.5. The lowest BCUT2D eigenvalue weighted by atomic mass is 10.0. The van der Waals surface area contributed by atoms with E-state index in [9.17, 15) is 9.59 Å². The summed E-state index contributed by atoms with van der Waals surface area (Å²) in [6.45, 7) is 2.92. The number of benzene rings is 2. The van der Waals surface area contributed by atoms with Crippen molar-refractivity contribution in [3.05, 3.63) is 64.7 Å². The molecule has 0 spiro atoms. The summed E-state index contributed by atoms with van der Waals surface area (Å²) in [5.74, 6) is -0.635. The van der Waals surface area contributed by atoms with Crippen molar-refractivity contribution in [3.63, 3.8) is 0 Å². The molecule has 2 aromatic carbocycles. The first-order valence-corrected chi connectivity index (χ1v) is 8.38. The maximum Gasteiger partial charge on any atom is 0.347 e. The maximum absolute atomic E-state index is 12.3. The van der Waals surface area contributed by atoms with Gasteiger partial charge in [-0.1, -0.05) is 16.7 Å². The maximum atomic E-state index is 12.3. The number of aliphatic carboxylic acids is 1. The fraction of sp³-hybridized carbons (Fsp3) is 0.167. The third-order valence-corrected chi connectivity index (χ3v) is 3.72. The van der Waals surface area contributed by atoms with Crippen LogP contribution >= 0.6 is 11.6 Å². The molecular weight excluding hydrogens is 386 g/mol. The van der Waals surface area contributed by atoms with Crippen molar-refractivity contribution < 1.29 is 19.4 Å². The molecule has 9 nitrogen and oxygen atoms in total. The molecule has 0 aliphatic heterocycles. The molecule has 0 saturated heterocycles. The lowest BCUT2D eigenvalue weighted by Crippen LogP contribution is -2.37. The average molecular weight is 404 g/mol. The minimum atomic E-state index is -1.33. The van der Waals surface area contributed by atoms with Crippen LogP contribution < -0.4 is 10.5 Å². The number of nitrogens with two attached hydrogens (primary N) is 1. The van der Waals surface area contributed by atoms with Crippen LogP contribution in [0.2, 0.25) is 5.02 Å². The van der Waals surface area contributed by atoms with Crippen molar-refractivity contribution in [2.24, 2.45) is 0 Å². The third-order valence-electron chi connectivity index (χ3n) is 3.47. The van der Waals surface area contributed by atoms with Crippen molar-refractivity contribution in [2.45, 2.75) is 19.4 Å². The molecule has 0 amide bonds. The van der Waals surface area contributed by atoms with E-state index in [2.05, 4.69) is 20.6 Å². The zero-order valence-electron chi connectivity index (χ0n) is 15.1. The number of H-pyrrole nitrogens is 1. The number of nitrogens with zero attached hydrogens (tertiary/aromatic N) is 3. The van der Waals surface area contributed by atoms with Crippen LogP contribution in [0, 0.1) is 0 Å². The third kappa shape index (κ3) is 5.78. The Morgan fingerprint density at radius 3 is 2.00 bits per heavy atom. The van der Waals surface area contributed by atoms with Crippen LogP contribution in [0.25, 0.3) is 0 Å². The van der Waals surface area contributed by atoms with Gasteiger partial charge in [0.15, 0.2) is 11.4 Å². The summed E-state index contributed by atoms with van der Waals surface area (Å²) in [5, 5.41) is 21.6. The van der Waals surface area contributed by atoms with Crippen LogP contribution in [-0.4, -0.2) is 43.1 Å². The van der Waals surface area contributed by atoms with E-state index in [0.717, 1.165) is 0 Å². The first-order chi connectivity index (χ1) is 13.2. The van der Waals surface area contributed by atoms with Gasteiger partial charge >= 0.3 is 5.97 Å². The van der Waals surface area contributed by atoms with Gasteiger partial charge in [-0.25, -0.2) is 4.79 Å². The number of rotatable bonds is 5. The van der Waals surface area contributed by atoms with E-state index in [0.29, 0.717) is 21.9 Å². The predicted octanol–water partition coefficient (Wildman–Crippen LogP) is 2.59. The van der Waals surface area contributed by atoms with Crippen LogP contribution in [0.5, 0.6) is 5.75 Å². The molecule has 0 bridgehead atoms. The van der Waals surface area contributed by atoms with Crippen LogP contribution in [-0.2, 0) is 4.79 Å².